The zero-order chi connectivity index (χ0) is 11.7. The van der Waals surface area contributed by atoms with E-state index in [-0.39, 0.29) is 5.38 Å². The van der Waals surface area contributed by atoms with Crippen molar-refractivity contribution in [2.45, 2.75) is 45.1 Å². The fraction of sp³-hybridized carbons (Fsp3) is 0.571. The van der Waals surface area contributed by atoms with E-state index in [0.29, 0.717) is 12.0 Å². The van der Waals surface area contributed by atoms with Crippen molar-refractivity contribution in [2.24, 2.45) is 5.92 Å². The largest absolute Gasteiger partial charge is 0.490 e. The highest BCUT2D eigenvalue weighted by Gasteiger charge is 2.20. The SMILES string of the molecule is CC(C)CC(Cl)c1ccc2c(c1)CC(C)O2. The first-order valence-corrected chi connectivity index (χ1v) is 6.43. The smallest absolute Gasteiger partial charge is 0.123 e. The van der Waals surface area contributed by atoms with Gasteiger partial charge in [0.1, 0.15) is 11.9 Å². The van der Waals surface area contributed by atoms with E-state index in [1.165, 1.54) is 11.1 Å². The molecule has 0 saturated carbocycles. The van der Waals surface area contributed by atoms with Gasteiger partial charge in [0.2, 0.25) is 0 Å². The van der Waals surface area contributed by atoms with Gasteiger partial charge >= 0.3 is 0 Å². The molecular weight excluding hydrogens is 220 g/mol. The first-order valence-electron chi connectivity index (χ1n) is 6.00. The summed E-state index contributed by atoms with van der Waals surface area (Å²) in [5.41, 5.74) is 2.53. The van der Waals surface area contributed by atoms with Crippen LogP contribution < -0.4 is 4.74 Å². The highest BCUT2D eigenvalue weighted by molar-refractivity contribution is 6.20. The van der Waals surface area contributed by atoms with Crippen LogP contribution >= 0.6 is 11.6 Å². The van der Waals surface area contributed by atoms with Crippen LogP contribution in [0, 0.1) is 5.92 Å². The molecule has 0 N–H and O–H groups in total. The molecule has 1 aromatic rings. The summed E-state index contributed by atoms with van der Waals surface area (Å²) in [5, 5.41) is 0.126. The van der Waals surface area contributed by atoms with Crippen molar-refractivity contribution in [2.75, 3.05) is 0 Å². The number of rotatable bonds is 3. The van der Waals surface area contributed by atoms with Crippen molar-refractivity contribution in [1.82, 2.24) is 0 Å². The number of fused-ring (bicyclic) bond motifs is 1. The minimum absolute atomic E-state index is 0.126. The molecule has 1 heterocycles. The normalized spacial score (nSPS) is 20.7. The lowest BCUT2D eigenvalue weighted by Gasteiger charge is -2.13. The summed E-state index contributed by atoms with van der Waals surface area (Å²) in [6, 6.07) is 6.36. The van der Waals surface area contributed by atoms with E-state index in [1.54, 1.807) is 0 Å². The minimum Gasteiger partial charge on any atom is -0.490 e. The maximum absolute atomic E-state index is 6.40. The Hall–Kier alpha value is -0.690. The predicted octanol–water partition coefficient (Wildman–Crippen LogP) is 4.34. The van der Waals surface area contributed by atoms with Crippen molar-refractivity contribution in [3.63, 3.8) is 0 Å². The van der Waals surface area contributed by atoms with Gasteiger partial charge in [0, 0.05) is 6.42 Å². The molecule has 1 aromatic carbocycles. The Balaban J connectivity index is 2.16. The molecule has 16 heavy (non-hydrogen) atoms. The summed E-state index contributed by atoms with van der Waals surface area (Å²) in [7, 11) is 0. The third kappa shape index (κ3) is 2.52. The molecule has 2 rings (SSSR count). The Labute approximate surface area is 103 Å². The lowest BCUT2D eigenvalue weighted by atomic mass is 9.99. The van der Waals surface area contributed by atoms with Crippen LogP contribution in [0.15, 0.2) is 18.2 Å². The topological polar surface area (TPSA) is 9.23 Å². The number of halogens is 1. The maximum atomic E-state index is 6.40. The van der Waals surface area contributed by atoms with Gasteiger partial charge in [-0.05, 0) is 36.5 Å². The van der Waals surface area contributed by atoms with Crippen molar-refractivity contribution < 1.29 is 4.74 Å². The Morgan fingerprint density at radius 2 is 2.19 bits per heavy atom. The predicted molar refractivity (Wildman–Crippen MR) is 68.3 cm³/mol. The van der Waals surface area contributed by atoms with Crippen LogP contribution in [0.5, 0.6) is 5.75 Å². The van der Waals surface area contributed by atoms with E-state index in [2.05, 4.69) is 39.0 Å². The van der Waals surface area contributed by atoms with Gasteiger partial charge in [-0.15, -0.1) is 11.6 Å². The van der Waals surface area contributed by atoms with Crippen molar-refractivity contribution >= 4 is 11.6 Å². The molecule has 1 nitrogen and oxygen atoms in total. The number of ether oxygens (including phenoxy) is 1. The molecule has 0 aromatic heterocycles. The second-order valence-electron chi connectivity index (χ2n) is 5.10. The minimum atomic E-state index is 0.126. The second-order valence-corrected chi connectivity index (χ2v) is 5.62. The van der Waals surface area contributed by atoms with Gasteiger partial charge in [-0.1, -0.05) is 26.0 Å². The second kappa shape index (κ2) is 4.67. The van der Waals surface area contributed by atoms with E-state index in [4.69, 9.17) is 16.3 Å². The number of hydrogen-bond acceptors (Lipinski definition) is 1. The molecule has 88 valence electrons. The first kappa shape index (κ1) is 11.8. The standard InChI is InChI=1S/C14H19ClO/c1-9(2)6-13(15)11-4-5-14-12(8-11)7-10(3)16-14/h4-5,8-10,13H,6-7H2,1-3H3. The molecule has 2 unspecified atom stereocenters. The van der Waals surface area contributed by atoms with Gasteiger partial charge in [0.25, 0.3) is 0 Å². The third-order valence-electron chi connectivity index (χ3n) is 2.96. The van der Waals surface area contributed by atoms with Gasteiger partial charge < -0.3 is 4.74 Å². The number of benzene rings is 1. The average molecular weight is 239 g/mol. The Bertz CT molecular complexity index is 373. The van der Waals surface area contributed by atoms with E-state index < -0.39 is 0 Å². The molecule has 2 atom stereocenters. The van der Waals surface area contributed by atoms with Crippen LogP contribution in [-0.4, -0.2) is 6.10 Å². The van der Waals surface area contributed by atoms with E-state index in [0.717, 1.165) is 18.6 Å². The first-order chi connectivity index (χ1) is 7.56. The van der Waals surface area contributed by atoms with Crippen molar-refractivity contribution in [3.8, 4) is 5.75 Å². The number of hydrogen-bond donors (Lipinski definition) is 0. The van der Waals surface area contributed by atoms with Crippen LogP contribution in [0.2, 0.25) is 0 Å². The molecule has 0 fully saturated rings. The van der Waals surface area contributed by atoms with Crippen LogP contribution in [0.1, 0.15) is 43.7 Å². The highest BCUT2D eigenvalue weighted by atomic mass is 35.5. The van der Waals surface area contributed by atoms with Crippen LogP contribution in [0.3, 0.4) is 0 Å². The third-order valence-corrected chi connectivity index (χ3v) is 3.39. The summed E-state index contributed by atoms with van der Waals surface area (Å²) in [6.45, 7) is 6.51. The molecular formula is C14H19ClO. The summed E-state index contributed by atoms with van der Waals surface area (Å²) in [6.07, 6.45) is 2.34. The van der Waals surface area contributed by atoms with Crippen LogP contribution in [0.25, 0.3) is 0 Å². The van der Waals surface area contributed by atoms with Gasteiger partial charge in [-0.3, -0.25) is 0 Å². The molecule has 0 spiro atoms. The van der Waals surface area contributed by atoms with E-state index >= 15 is 0 Å². The van der Waals surface area contributed by atoms with Crippen LogP contribution in [0.4, 0.5) is 0 Å². The molecule has 0 bridgehead atoms. The van der Waals surface area contributed by atoms with Gasteiger partial charge in [-0.2, -0.15) is 0 Å². The Morgan fingerprint density at radius 3 is 2.88 bits per heavy atom. The van der Waals surface area contributed by atoms with E-state index in [9.17, 15) is 0 Å². The maximum Gasteiger partial charge on any atom is 0.123 e. The average Bonchev–Trinajstić information content (AvgIpc) is 2.55. The lowest BCUT2D eigenvalue weighted by Crippen LogP contribution is -2.05. The van der Waals surface area contributed by atoms with Gasteiger partial charge in [0.15, 0.2) is 0 Å². The molecule has 2 heteroatoms. The fourth-order valence-electron chi connectivity index (χ4n) is 2.19. The Morgan fingerprint density at radius 1 is 1.44 bits per heavy atom. The summed E-state index contributed by atoms with van der Waals surface area (Å²) in [5.74, 6) is 1.66. The van der Waals surface area contributed by atoms with E-state index in [1.807, 2.05) is 0 Å². The highest BCUT2D eigenvalue weighted by Crippen LogP contribution is 2.34. The van der Waals surface area contributed by atoms with Crippen molar-refractivity contribution in [1.29, 1.82) is 0 Å². The monoisotopic (exact) mass is 238 g/mol. The number of alkyl halides is 1. The Kier molecular flexibility index (Phi) is 3.44. The zero-order valence-electron chi connectivity index (χ0n) is 10.2. The zero-order valence-corrected chi connectivity index (χ0v) is 10.9. The molecule has 0 aliphatic carbocycles. The lowest BCUT2D eigenvalue weighted by molar-refractivity contribution is 0.254. The summed E-state index contributed by atoms with van der Waals surface area (Å²) < 4.78 is 5.68. The summed E-state index contributed by atoms with van der Waals surface area (Å²) >= 11 is 6.40. The van der Waals surface area contributed by atoms with Crippen LogP contribution in [-0.2, 0) is 6.42 Å². The molecule has 0 saturated heterocycles. The molecule has 1 aliphatic rings. The molecule has 1 aliphatic heterocycles. The van der Waals surface area contributed by atoms with Crippen molar-refractivity contribution in [3.05, 3.63) is 29.3 Å². The molecule has 0 amide bonds. The fourth-order valence-corrected chi connectivity index (χ4v) is 2.68. The summed E-state index contributed by atoms with van der Waals surface area (Å²) in [4.78, 5) is 0. The quantitative estimate of drug-likeness (QED) is 0.712. The molecule has 0 radical (unpaired) electrons. The van der Waals surface area contributed by atoms with Gasteiger partial charge in [-0.25, -0.2) is 0 Å². The van der Waals surface area contributed by atoms with Gasteiger partial charge in [0.05, 0.1) is 5.38 Å².